The average molecular weight is 1100 g/mol. The summed E-state index contributed by atoms with van der Waals surface area (Å²) in [5.74, 6) is 2.83. The summed E-state index contributed by atoms with van der Waals surface area (Å²) in [7, 11) is 1.68. The number of benzene rings is 9. The van der Waals surface area contributed by atoms with Crippen LogP contribution >= 0.6 is 0 Å². The molecule has 82 heavy (non-hydrogen) atoms. The molecule has 11 rings (SSSR count). The third kappa shape index (κ3) is 12.6. The van der Waals surface area contributed by atoms with E-state index in [1.54, 1.807) is 31.4 Å². The zero-order valence-electron chi connectivity index (χ0n) is 46.5. The van der Waals surface area contributed by atoms with Crippen molar-refractivity contribution in [1.82, 2.24) is 0 Å². The lowest BCUT2D eigenvalue weighted by atomic mass is 9.68. The van der Waals surface area contributed by atoms with Gasteiger partial charge in [-0.15, -0.1) is 0 Å². The zero-order valence-corrected chi connectivity index (χ0v) is 46.5. The maximum absolute atomic E-state index is 12.3. The fraction of sp³-hybridized carbons (Fsp3) is 0.243. The zero-order chi connectivity index (χ0) is 55.7. The van der Waals surface area contributed by atoms with E-state index >= 15 is 0 Å². The molecule has 0 saturated carbocycles. The lowest BCUT2D eigenvalue weighted by Gasteiger charge is -2.34. The standard InChI is InChI=1S/C38H32O5.C30H28O3.C4H10.2CH4/c1-2-23-41-31-19-15-29(16-20-31)38(35-9-5-3-7-33(35)34-8-4-6-10-36(34)38)30-17-21-32(22-18-30)42-24-25-43-37(40)28-13-11-27(26-39)12-14-28;1-3-32-24-16-12-22(13-17-24)30(23-14-18-25(19-15-23)33-21-20-31-2)28-10-6-4-8-26(28)27-9-5-7-11-29(27)30;1-3-4-2;;/h3-22,26H,2,23-25H2,1H3;4-19H,3,20-21H2,1-2H3;3-4H2,1-2H3;2*1H4. The van der Waals surface area contributed by atoms with Crippen molar-refractivity contribution in [2.75, 3.05) is 46.8 Å². The lowest BCUT2D eigenvalue weighted by molar-refractivity contribution is 0.0450. The molecule has 0 unspecified atom stereocenters. The number of hydrogen-bond donors (Lipinski definition) is 0. The molecule has 0 amide bonds. The highest BCUT2D eigenvalue weighted by molar-refractivity contribution is 5.91. The van der Waals surface area contributed by atoms with Crippen molar-refractivity contribution in [2.24, 2.45) is 0 Å². The van der Waals surface area contributed by atoms with Crippen LogP contribution < -0.4 is 18.9 Å². The number of carbonyl (C=O) groups is 2. The second kappa shape index (κ2) is 29.1. The van der Waals surface area contributed by atoms with E-state index in [-0.39, 0.29) is 28.1 Å². The van der Waals surface area contributed by atoms with Crippen molar-refractivity contribution in [3.63, 3.8) is 0 Å². The van der Waals surface area contributed by atoms with Crippen LogP contribution in [0.4, 0.5) is 0 Å². The molecule has 0 atom stereocenters. The predicted octanol–water partition coefficient (Wildman–Crippen LogP) is 17.4. The van der Waals surface area contributed by atoms with Crippen LogP contribution in [0.2, 0.25) is 0 Å². The van der Waals surface area contributed by atoms with E-state index in [1.165, 1.54) is 68.5 Å². The first-order valence-electron chi connectivity index (χ1n) is 27.9. The number of esters is 1. The Balaban J connectivity index is 0.000000223. The second-order valence-corrected chi connectivity index (χ2v) is 19.6. The summed E-state index contributed by atoms with van der Waals surface area (Å²) in [6, 6.07) is 74.8. The minimum atomic E-state index is -0.510. The normalized spacial score (nSPS) is 12.3. The van der Waals surface area contributed by atoms with Crippen molar-refractivity contribution >= 4 is 12.3 Å². The molecule has 422 valence electrons. The first-order chi connectivity index (χ1) is 39.3. The summed E-state index contributed by atoms with van der Waals surface area (Å²) in [6.45, 7) is 11.2. The second-order valence-electron chi connectivity index (χ2n) is 19.6. The molecule has 9 aromatic carbocycles. The maximum atomic E-state index is 12.3. The number of ether oxygens (including phenoxy) is 6. The molecule has 0 fully saturated rings. The van der Waals surface area contributed by atoms with Gasteiger partial charge in [0, 0.05) is 12.7 Å². The molecule has 0 bridgehead atoms. The Morgan fingerprint density at radius 1 is 0.378 bits per heavy atom. The van der Waals surface area contributed by atoms with Crippen molar-refractivity contribution in [1.29, 1.82) is 0 Å². The van der Waals surface area contributed by atoms with Gasteiger partial charge in [0.05, 0.1) is 36.2 Å². The van der Waals surface area contributed by atoms with Gasteiger partial charge in [-0.3, -0.25) is 4.79 Å². The molecule has 0 N–H and O–H groups in total. The number of methoxy groups -OCH3 is 1. The van der Waals surface area contributed by atoms with Crippen LogP contribution in [-0.2, 0) is 20.3 Å². The summed E-state index contributed by atoms with van der Waals surface area (Å²) >= 11 is 0. The summed E-state index contributed by atoms with van der Waals surface area (Å²) < 4.78 is 33.9. The highest BCUT2D eigenvalue weighted by atomic mass is 16.6. The van der Waals surface area contributed by atoms with Crippen LogP contribution in [-0.4, -0.2) is 59.0 Å². The van der Waals surface area contributed by atoms with Crippen molar-refractivity contribution < 1.29 is 38.0 Å². The van der Waals surface area contributed by atoms with Crippen LogP contribution in [0.3, 0.4) is 0 Å². The van der Waals surface area contributed by atoms with Gasteiger partial charge >= 0.3 is 5.97 Å². The molecule has 0 heterocycles. The topological polar surface area (TPSA) is 89.5 Å². The number of aldehydes is 1. The van der Waals surface area contributed by atoms with E-state index in [4.69, 9.17) is 28.4 Å². The fourth-order valence-corrected chi connectivity index (χ4v) is 11.0. The Hall–Kier alpha value is -8.72. The Bertz CT molecular complexity index is 3340. The molecule has 2 aliphatic rings. The number of hydrogen-bond acceptors (Lipinski definition) is 8. The van der Waals surface area contributed by atoms with E-state index in [0.717, 1.165) is 41.1 Å². The molecule has 0 aliphatic heterocycles. The smallest absolute Gasteiger partial charge is 0.338 e. The van der Waals surface area contributed by atoms with Crippen molar-refractivity contribution in [3.8, 4) is 45.3 Å². The fourth-order valence-electron chi connectivity index (χ4n) is 11.0. The number of unbranched alkanes of at least 4 members (excludes halogenated alkanes) is 1. The highest BCUT2D eigenvalue weighted by Gasteiger charge is 2.47. The van der Waals surface area contributed by atoms with Crippen LogP contribution in [0, 0.1) is 0 Å². The number of carbonyl (C=O) groups excluding carboxylic acids is 2. The van der Waals surface area contributed by atoms with Gasteiger partial charge in [0.15, 0.2) is 0 Å². The van der Waals surface area contributed by atoms with Crippen molar-refractivity contribution in [2.45, 2.75) is 72.6 Å². The van der Waals surface area contributed by atoms with Crippen LogP contribution in [0.1, 0.15) is 127 Å². The van der Waals surface area contributed by atoms with Crippen LogP contribution in [0.15, 0.2) is 218 Å². The summed E-state index contributed by atoms with van der Waals surface area (Å²) in [6.07, 6.45) is 4.33. The molecule has 0 saturated heterocycles. The molecule has 8 heteroatoms. The van der Waals surface area contributed by atoms with E-state index in [1.807, 2.05) is 19.1 Å². The van der Waals surface area contributed by atoms with Gasteiger partial charge in [-0.1, -0.05) is 206 Å². The van der Waals surface area contributed by atoms with Gasteiger partial charge in [0.2, 0.25) is 0 Å². The molecule has 0 aromatic heterocycles. The van der Waals surface area contributed by atoms with Gasteiger partial charge in [-0.05, 0) is 141 Å². The van der Waals surface area contributed by atoms with Crippen molar-refractivity contribution in [3.05, 3.63) is 274 Å². The highest BCUT2D eigenvalue weighted by Crippen LogP contribution is 2.58. The first kappa shape index (κ1) is 60.9. The summed E-state index contributed by atoms with van der Waals surface area (Å²) in [5, 5.41) is 0. The molecule has 0 spiro atoms. The van der Waals surface area contributed by atoms with Gasteiger partial charge in [0.1, 0.15) is 49.1 Å². The minimum absolute atomic E-state index is 0. The summed E-state index contributed by atoms with van der Waals surface area (Å²) in [4.78, 5) is 23.2. The largest absolute Gasteiger partial charge is 0.494 e. The molecular formula is C74H78O8. The Morgan fingerprint density at radius 3 is 1.02 bits per heavy atom. The quantitative estimate of drug-likeness (QED) is 0.0424. The number of fused-ring (bicyclic) bond motifs is 6. The van der Waals surface area contributed by atoms with E-state index in [2.05, 4.69) is 203 Å². The van der Waals surface area contributed by atoms with Gasteiger partial charge in [-0.25, -0.2) is 4.79 Å². The molecule has 2 aliphatic carbocycles. The molecule has 0 radical (unpaired) electrons. The third-order valence-corrected chi connectivity index (χ3v) is 14.8. The monoisotopic (exact) mass is 1090 g/mol. The number of rotatable bonds is 20. The van der Waals surface area contributed by atoms with Gasteiger partial charge in [0.25, 0.3) is 0 Å². The molecule has 8 nitrogen and oxygen atoms in total. The van der Waals surface area contributed by atoms with E-state index < -0.39 is 16.8 Å². The van der Waals surface area contributed by atoms with Crippen LogP contribution in [0.25, 0.3) is 22.3 Å². The Labute approximate surface area is 486 Å². The Morgan fingerprint density at radius 2 is 0.707 bits per heavy atom. The predicted molar refractivity (Wildman–Crippen MR) is 333 cm³/mol. The van der Waals surface area contributed by atoms with Gasteiger partial charge in [-0.2, -0.15) is 0 Å². The SMILES string of the molecule is C.C.CCCC.CCCOc1ccc(C2(c3ccc(OCCOC(=O)c4ccc(C=O)cc4)cc3)c3ccccc3-c3ccccc32)cc1.CCOc1ccc(C2(c3ccc(OCCOC)cc3)c3ccccc3-c3ccccc32)cc1. The van der Waals surface area contributed by atoms with E-state index in [0.29, 0.717) is 43.3 Å². The van der Waals surface area contributed by atoms with Gasteiger partial charge < -0.3 is 28.4 Å². The molecule has 9 aromatic rings. The summed E-state index contributed by atoms with van der Waals surface area (Å²) in [5.41, 5.74) is 14.8. The lowest BCUT2D eigenvalue weighted by Crippen LogP contribution is -2.28. The first-order valence-corrected chi connectivity index (χ1v) is 27.9. The average Bonchev–Trinajstić information content (AvgIpc) is 1.85. The third-order valence-electron chi connectivity index (χ3n) is 14.8. The maximum Gasteiger partial charge on any atom is 0.338 e. The minimum Gasteiger partial charge on any atom is -0.494 e. The van der Waals surface area contributed by atoms with Crippen LogP contribution in [0.5, 0.6) is 23.0 Å². The Kier molecular flexibility index (Phi) is 21.6. The molecular weight excluding hydrogens is 1020 g/mol. The van der Waals surface area contributed by atoms with E-state index in [9.17, 15) is 9.59 Å².